The molecule has 4 aromatic heterocycles. The fourth-order valence-electron chi connectivity index (χ4n) is 3.65. The van der Waals surface area contributed by atoms with Crippen LogP contribution in [0.3, 0.4) is 0 Å². The molecule has 0 aliphatic heterocycles. The molecule has 0 N–H and O–H groups in total. The van der Waals surface area contributed by atoms with Crippen LogP contribution in [0.1, 0.15) is 65.2 Å². The van der Waals surface area contributed by atoms with E-state index < -0.39 is 0 Å². The van der Waals surface area contributed by atoms with E-state index in [0.29, 0.717) is 25.0 Å². The zero-order chi connectivity index (χ0) is 22.9. The van der Waals surface area contributed by atoms with Gasteiger partial charge >= 0.3 is 0 Å². The number of thiophene rings is 3. The molecule has 0 aliphatic rings. The third kappa shape index (κ3) is 6.14. The number of ether oxygens (including phenoxy) is 2. The Morgan fingerprint density at radius 2 is 1.15 bits per heavy atom. The SMILES string of the molecule is CCCCCCOc1nc2c(-c3cccs3)sc(-c3cccs3)c2nc1OCCCCCC. The molecule has 0 aromatic carbocycles. The molecule has 0 amide bonds. The first-order chi connectivity index (χ1) is 16.3. The quantitative estimate of drug-likeness (QED) is 0.162. The van der Waals surface area contributed by atoms with Gasteiger partial charge in [-0.3, -0.25) is 0 Å². The minimum absolute atomic E-state index is 0.530. The summed E-state index contributed by atoms with van der Waals surface area (Å²) in [7, 11) is 0. The summed E-state index contributed by atoms with van der Waals surface area (Å²) < 4.78 is 12.3. The molecule has 4 rings (SSSR count). The molecule has 4 heterocycles. The van der Waals surface area contributed by atoms with Crippen LogP contribution in [-0.2, 0) is 0 Å². The Bertz CT molecular complexity index is 1020. The maximum absolute atomic E-state index is 6.15. The van der Waals surface area contributed by atoms with Gasteiger partial charge in [0.05, 0.1) is 23.0 Å². The van der Waals surface area contributed by atoms with Gasteiger partial charge in [0.25, 0.3) is 11.8 Å². The Kier molecular flexibility index (Phi) is 9.15. The number of rotatable bonds is 14. The second kappa shape index (κ2) is 12.5. The van der Waals surface area contributed by atoms with Gasteiger partial charge in [0.2, 0.25) is 0 Å². The van der Waals surface area contributed by atoms with Crippen molar-refractivity contribution in [2.24, 2.45) is 0 Å². The second-order valence-electron chi connectivity index (χ2n) is 8.06. The highest BCUT2D eigenvalue weighted by Crippen LogP contribution is 2.46. The minimum atomic E-state index is 0.530. The average molecular weight is 501 g/mol. The number of aromatic nitrogens is 2. The van der Waals surface area contributed by atoms with Crippen molar-refractivity contribution in [3.63, 3.8) is 0 Å². The lowest BCUT2D eigenvalue weighted by Crippen LogP contribution is -2.06. The van der Waals surface area contributed by atoms with Crippen LogP contribution in [0, 0.1) is 0 Å². The van der Waals surface area contributed by atoms with Gasteiger partial charge in [0.1, 0.15) is 11.0 Å². The Morgan fingerprint density at radius 3 is 1.55 bits per heavy atom. The molecule has 0 radical (unpaired) electrons. The van der Waals surface area contributed by atoms with Gasteiger partial charge in [-0.2, -0.15) is 0 Å². The van der Waals surface area contributed by atoms with Crippen molar-refractivity contribution in [1.29, 1.82) is 0 Å². The summed E-state index contributed by atoms with van der Waals surface area (Å²) in [4.78, 5) is 14.7. The monoisotopic (exact) mass is 500 g/mol. The van der Waals surface area contributed by atoms with Crippen molar-refractivity contribution in [3.05, 3.63) is 35.0 Å². The molecule has 33 heavy (non-hydrogen) atoms. The zero-order valence-corrected chi connectivity index (χ0v) is 21.9. The van der Waals surface area contributed by atoms with Gasteiger partial charge in [-0.1, -0.05) is 64.5 Å². The van der Waals surface area contributed by atoms with E-state index in [0.717, 1.165) is 33.6 Å². The van der Waals surface area contributed by atoms with Crippen LogP contribution >= 0.6 is 34.0 Å². The molecule has 0 fully saturated rings. The third-order valence-electron chi connectivity index (χ3n) is 5.43. The third-order valence-corrected chi connectivity index (χ3v) is 8.70. The maximum Gasteiger partial charge on any atom is 0.278 e. The lowest BCUT2D eigenvalue weighted by atomic mass is 10.2. The molecule has 0 saturated carbocycles. The highest BCUT2D eigenvalue weighted by Gasteiger charge is 2.22. The van der Waals surface area contributed by atoms with Gasteiger partial charge in [0, 0.05) is 9.75 Å². The van der Waals surface area contributed by atoms with Crippen LogP contribution in [0.4, 0.5) is 0 Å². The molecule has 4 nitrogen and oxygen atoms in total. The van der Waals surface area contributed by atoms with Crippen molar-refractivity contribution >= 4 is 45.0 Å². The molecule has 0 atom stereocenters. The molecule has 0 bridgehead atoms. The minimum Gasteiger partial charge on any atom is -0.474 e. The standard InChI is InChI=1S/C26H32N2O2S3/c1-3-5-7-9-15-29-25-26(30-16-10-8-6-4-2)28-22-21(27-25)23(19-13-11-17-31-19)33-24(22)20-14-12-18-32-20/h11-14,17-18H,3-10,15-16H2,1-2H3. The second-order valence-corrected chi connectivity index (χ2v) is 11.0. The maximum atomic E-state index is 6.15. The first kappa shape index (κ1) is 24.2. The zero-order valence-electron chi connectivity index (χ0n) is 19.5. The van der Waals surface area contributed by atoms with Crippen molar-refractivity contribution in [2.75, 3.05) is 13.2 Å². The Morgan fingerprint density at radius 1 is 0.667 bits per heavy atom. The number of hydrogen-bond acceptors (Lipinski definition) is 7. The van der Waals surface area contributed by atoms with E-state index in [2.05, 4.69) is 48.9 Å². The summed E-state index contributed by atoms with van der Waals surface area (Å²) in [5.74, 6) is 1.06. The lowest BCUT2D eigenvalue weighted by Gasteiger charge is -2.12. The van der Waals surface area contributed by atoms with Gasteiger partial charge < -0.3 is 9.47 Å². The van der Waals surface area contributed by atoms with Crippen molar-refractivity contribution < 1.29 is 9.47 Å². The van der Waals surface area contributed by atoms with Crippen LogP contribution < -0.4 is 9.47 Å². The van der Waals surface area contributed by atoms with Gasteiger partial charge in [0.15, 0.2) is 0 Å². The van der Waals surface area contributed by atoms with E-state index in [-0.39, 0.29) is 0 Å². The van der Waals surface area contributed by atoms with Crippen LogP contribution in [0.15, 0.2) is 35.0 Å². The number of hydrogen-bond donors (Lipinski definition) is 0. The van der Waals surface area contributed by atoms with Crippen LogP contribution in [0.5, 0.6) is 11.8 Å². The highest BCUT2D eigenvalue weighted by atomic mass is 32.1. The average Bonchev–Trinajstić information content (AvgIpc) is 3.59. The first-order valence-electron chi connectivity index (χ1n) is 12.0. The molecule has 7 heteroatoms. The fourth-order valence-corrected chi connectivity index (χ4v) is 6.54. The Hall–Kier alpha value is -1.96. The van der Waals surface area contributed by atoms with Crippen molar-refractivity contribution in [2.45, 2.75) is 65.2 Å². The number of fused-ring (bicyclic) bond motifs is 1. The fraction of sp³-hybridized carbons (Fsp3) is 0.462. The molecule has 176 valence electrons. The largest absolute Gasteiger partial charge is 0.474 e. The van der Waals surface area contributed by atoms with Gasteiger partial charge in [-0.25, -0.2) is 9.97 Å². The summed E-state index contributed by atoms with van der Waals surface area (Å²) in [6, 6.07) is 8.48. The van der Waals surface area contributed by atoms with E-state index in [1.807, 2.05) is 0 Å². The Labute approximate surface area is 208 Å². The van der Waals surface area contributed by atoms with E-state index in [1.165, 1.54) is 48.3 Å². The lowest BCUT2D eigenvalue weighted by molar-refractivity contribution is 0.244. The molecule has 0 saturated heterocycles. The normalized spacial score (nSPS) is 11.3. The van der Waals surface area contributed by atoms with E-state index in [1.54, 1.807) is 34.0 Å². The summed E-state index contributed by atoms with van der Waals surface area (Å²) >= 11 is 5.23. The molecular formula is C26H32N2O2S3. The molecule has 0 unspecified atom stereocenters. The summed E-state index contributed by atoms with van der Waals surface area (Å²) in [5.41, 5.74) is 1.82. The van der Waals surface area contributed by atoms with Crippen LogP contribution in [0.2, 0.25) is 0 Å². The van der Waals surface area contributed by atoms with Crippen molar-refractivity contribution in [3.8, 4) is 31.3 Å². The predicted molar refractivity (Wildman–Crippen MR) is 143 cm³/mol. The molecule has 4 aromatic rings. The molecular weight excluding hydrogens is 468 g/mol. The van der Waals surface area contributed by atoms with Gasteiger partial charge in [-0.15, -0.1) is 34.0 Å². The predicted octanol–water partition coefficient (Wildman–Crippen LogP) is 9.07. The van der Waals surface area contributed by atoms with E-state index in [4.69, 9.17) is 19.4 Å². The van der Waals surface area contributed by atoms with E-state index >= 15 is 0 Å². The summed E-state index contributed by atoms with van der Waals surface area (Å²) in [6.45, 7) is 5.72. The topological polar surface area (TPSA) is 44.2 Å². The highest BCUT2D eigenvalue weighted by molar-refractivity contribution is 7.27. The first-order valence-corrected chi connectivity index (χ1v) is 14.6. The molecule has 0 spiro atoms. The Balaban J connectivity index is 1.69. The number of nitrogens with zero attached hydrogens (tertiary/aromatic N) is 2. The molecule has 0 aliphatic carbocycles. The van der Waals surface area contributed by atoms with Crippen molar-refractivity contribution in [1.82, 2.24) is 9.97 Å². The van der Waals surface area contributed by atoms with Crippen LogP contribution in [0.25, 0.3) is 30.5 Å². The van der Waals surface area contributed by atoms with E-state index in [9.17, 15) is 0 Å². The van der Waals surface area contributed by atoms with Crippen LogP contribution in [-0.4, -0.2) is 23.2 Å². The van der Waals surface area contributed by atoms with Gasteiger partial charge in [-0.05, 0) is 35.7 Å². The number of unbranched alkanes of at least 4 members (excludes halogenated alkanes) is 6. The summed E-state index contributed by atoms with van der Waals surface area (Å²) in [6.07, 6.45) is 9.25. The summed E-state index contributed by atoms with van der Waals surface area (Å²) in [5, 5.41) is 4.22. The smallest absolute Gasteiger partial charge is 0.278 e.